The number of carbonyl (C=O) groups is 2. The Labute approximate surface area is 183 Å². The molecule has 3 rings (SSSR count). The second-order valence-electron chi connectivity index (χ2n) is 7.53. The normalized spacial score (nSPS) is 11.0. The fourth-order valence-corrected chi connectivity index (χ4v) is 3.24. The van der Waals surface area contributed by atoms with Crippen molar-refractivity contribution < 1.29 is 9.59 Å². The van der Waals surface area contributed by atoms with E-state index in [1.807, 2.05) is 18.5 Å². The third kappa shape index (κ3) is 5.92. The monoisotopic (exact) mass is 416 g/mol. The van der Waals surface area contributed by atoms with Crippen molar-refractivity contribution in [1.29, 1.82) is 0 Å². The van der Waals surface area contributed by atoms with E-state index in [2.05, 4.69) is 46.9 Å². The van der Waals surface area contributed by atoms with Crippen molar-refractivity contribution in [3.63, 3.8) is 0 Å². The fraction of sp³-hybridized carbons (Fsp3) is 0.240. The van der Waals surface area contributed by atoms with Crippen LogP contribution in [0.2, 0.25) is 0 Å². The number of aryl methyl sites for hydroxylation is 2. The van der Waals surface area contributed by atoms with E-state index in [1.54, 1.807) is 37.3 Å². The van der Waals surface area contributed by atoms with Gasteiger partial charge in [0.2, 0.25) is 11.8 Å². The Balaban J connectivity index is 1.68. The average Bonchev–Trinajstić information content (AvgIpc) is 3.00. The third-order valence-electron chi connectivity index (χ3n) is 5.03. The lowest BCUT2D eigenvalue weighted by Gasteiger charge is -2.07. The number of hydrogen-bond acceptors (Lipinski definition) is 3. The summed E-state index contributed by atoms with van der Waals surface area (Å²) in [5.41, 5.74) is 6.49. The molecule has 0 saturated heterocycles. The van der Waals surface area contributed by atoms with Crippen molar-refractivity contribution in [3.05, 3.63) is 82.7 Å². The molecule has 0 fully saturated rings. The molecule has 1 heterocycles. The summed E-state index contributed by atoms with van der Waals surface area (Å²) in [6.45, 7) is 8.49. The minimum atomic E-state index is -0.246. The number of carbonyl (C=O) groups excluding carboxylic acids is 2. The summed E-state index contributed by atoms with van der Waals surface area (Å²) in [5, 5.41) is 10.2. The molecule has 0 unspecified atom stereocenters. The first kappa shape index (κ1) is 22.0. The largest absolute Gasteiger partial charge is 0.326 e. The van der Waals surface area contributed by atoms with Gasteiger partial charge in [0.1, 0.15) is 0 Å². The number of nitrogens with one attached hydrogen (secondary N) is 2. The molecule has 160 valence electrons. The first-order chi connectivity index (χ1) is 14.9. The molecular weight excluding hydrogens is 388 g/mol. The van der Waals surface area contributed by atoms with Crippen molar-refractivity contribution in [2.75, 3.05) is 10.6 Å². The molecule has 0 bridgehead atoms. The van der Waals surface area contributed by atoms with Crippen LogP contribution in [0.3, 0.4) is 0 Å². The van der Waals surface area contributed by atoms with Crippen molar-refractivity contribution in [2.45, 2.75) is 40.7 Å². The van der Waals surface area contributed by atoms with E-state index in [-0.39, 0.29) is 11.8 Å². The minimum Gasteiger partial charge on any atom is -0.326 e. The van der Waals surface area contributed by atoms with Gasteiger partial charge in [0.15, 0.2) is 0 Å². The van der Waals surface area contributed by atoms with Crippen molar-refractivity contribution in [3.8, 4) is 0 Å². The van der Waals surface area contributed by atoms with E-state index in [0.29, 0.717) is 24.3 Å². The molecule has 1 aromatic heterocycles. The zero-order valence-corrected chi connectivity index (χ0v) is 18.4. The highest BCUT2D eigenvalue weighted by atomic mass is 16.2. The molecular formula is C25H28N4O2. The van der Waals surface area contributed by atoms with Crippen molar-refractivity contribution in [1.82, 2.24) is 9.78 Å². The van der Waals surface area contributed by atoms with Gasteiger partial charge in [0, 0.05) is 35.1 Å². The van der Waals surface area contributed by atoms with Gasteiger partial charge in [-0.1, -0.05) is 42.8 Å². The van der Waals surface area contributed by atoms with Crippen molar-refractivity contribution >= 4 is 29.3 Å². The van der Waals surface area contributed by atoms with Gasteiger partial charge in [0.05, 0.1) is 12.2 Å². The summed E-state index contributed by atoms with van der Waals surface area (Å²) >= 11 is 0. The van der Waals surface area contributed by atoms with Gasteiger partial charge in [-0.05, 0) is 50.6 Å². The number of anilines is 2. The topological polar surface area (TPSA) is 76.0 Å². The van der Waals surface area contributed by atoms with Crippen LogP contribution in [0.5, 0.6) is 0 Å². The number of benzene rings is 2. The number of nitrogens with zero attached hydrogens (tertiary/aromatic N) is 2. The molecule has 6 heteroatoms. The molecule has 0 saturated carbocycles. The average molecular weight is 417 g/mol. The van der Waals surface area contributed by atoms with Crippen LogP contribution in [0.15, 0.2) is 54.6 Å². The highest BCUT2D eigenvalue weighted by molar-refractivity contribution is 6.02. The Kier molecular flexibility index (Phi) is 7.03. The zero-order chi connectivity index (χ0) is 22.4. The molecule has 0 spiro atoms. The number of aromatic nitrogens is 2. The lowest BCUT2D eigenvalue weighted by atomic mass is 10.1. The number of rotatable bonds is 7. The van der Waals surface area contributed by atoms with Gasteiger partial charge >= 0.3 is 0 Å². The van der Waals surface area contributed by atoms with Gasteiger partial charge in [-0.25, -0.2) is 0 Å². The van der Waals surface area contributed by atoms with Crippen molar-refractivity contribution in [2.24, 2.45) is 0 Å². The lowest BCUT2D eigenvalue weighted by Crippen LogP contribution is -2.11. The Morgan fingerprint density at radius 3 is 2.35 bits per heavy atom. The molecule has 2 N–H and O–H groups in total. The molecule has 31 heavy (non-hydrogen) atoms. The van der Waals surface area contributed by atoms with Gasteiger partial charge in [-0.15, -0.1) is 0 Å². The Hall–Kier alpha value is -3.67. The summed E-state index contributed by atoms with van der Waals surface area (Å²) in [5.74, 6) is -0.318. The summed E-state index contributed by atoms with van der Waals surface area (Å²) in [6.07, 6.45) is 3.70. The summed E-state index contributed by atoms with van der Waals surface area (Å²) in [6, 6.07) is 15.5. The predicted molar refractivity (Wildman–Crippen MR) is 125 cm³/mol. The maximum absolute atomic E-state index is 12.4. The SMILES string of the molecule is CCC(=O)Nc1cccc(NC(=O)/C=C/c2c(C)nn(Cc3ccc(C)cc3)c2C)c1. The first-order valence-corrected chi connectivity index (χ1v) is 10.3. The van der Waals surface area contributed by atoms with Crippen LogP contribution >= 0.6 is 0 Å². The van der Waals surface area contributed by atoms with Crippen LogP contribution in [0.25, 0.3) is 6.08 Å². The quantitative estimate of drug-likeness (QED) is 0.540. The van der Waals surface area contributed by atoms with E-state index >= 15 is 0 Å². The van der Waals surface area contributed by atoms with Gasteiger partial charge in [-0.3, -0.25) is 14.3 Å². The van der Waals surface area contributed by atoms with E-state index in [4.69, 9.17) is 0 Å². The standard InChI is InChI=1S/C25H28N4O2/c1-5-24(30)26-21-7-6-8-22(15-21)27-25(31)14-13-23-18(3)28-29(19(23)4)16-20-11-9-17(2)10-12-20/h6-15H,5,16H2,1-4H3,(H,26,30)(H,27,31)/b14-13+. The van der Waals surface area contributed by atoms with Crippen LogP contribution in [0.1, 0.15) is 41.4 Å². The molecule has 0 aliphatic carbocycles. The maximum atomic E-state index is 12.4. The van der Waals surface area contributed by atoms with Crippen LogP contribution in [0, 0.1) is 20.8 Å². The van der Waals surface area contributed by atoms with E-state index in [9.17, 15) is 9.59 Å². The smallest absolute Gasteiger partial charge is 0.248 e. The summed E-state index contributed by atoms with van der Waals surface area (Å²) < 4.78 is 1.96. The highest BCUT2D eigenvalue weighted by Crippen LogP contribution is 2.18. The zero-order valence-electron chi connectivity index (χ0n) is 18.4. The number of hydrogen-bond donors (Lipinski definition) is 2. The molecule has 0 aliphatic rings. The molecule has 2 aromatic carbocycles. The Bertz CT molecular complexity index is 1110. The Morgan fingerprint density at radius 2 is 1.68 bits per heavy atom. The molecule has 0 radical (unpaired) electrons. The summed E-state index contributed by atoms with van der Waals surface area (Å²) in [7, 11) is 0. The predicted octanol–water partition coefficient (Wildman–Crippen LogP) is 4.86. The first-order valence-electron chi connectivity index (χ1n) is 10.3. The maximum Gasteiger partial charge on any atom is 0.248 e. The third-order valence-corrected chi connectivity index (χ3v) is 5.03. The molecule has 0 aliphatic heterocycles. The second-order valence-corrected chi connectivity index (χ2v) is 7.53. The van der Waals surface area contributed by atoms with E-state index in [1.165, 1.54) is 17.2 Å². The van der Waals surface area contributed by atoms with Crippen LogP contribution in [0.4, 0.5) is 11.4 Å². The van der Waals surface area contributed by atoms with E-state index < -0.39 is 0 Å². The molecule has 0 atom stereocenters. The van der Waals surface area contributed by atoms with Crippen LogP contribution < -0.4 is 10.6 Å². The van der Waals surface area contributed by atoms with Gasteiger partial charge in [0.25, 0.3) is 0 Å². The Morgan fingerprint density at radius 1 is 1.00 bits per heavy atom. The molecule has 2 amide bonds. The van der Waals surface area contributed by atoms with Gasteiger partial charge in [-0.2, -0.15) is 5.10 Å². The van der Waals surface area contributed by atoms with E-state index in [0.717, 1.165) is 17.0 Å². The number of amides is 2. The van der Waals surface area contributed by atoms with Crippen LogP contribution in [-0.2, 0) is 16.1 Å². The van der Waals surface area contributed by atoms with Crippen LogP contribution in [-0.4, -0.2) is 21.6 Å². The second kappa shape index (κ2) is 9.89. The summed E-state index contributed by atoms with van der Waals surface area (Å²) in [4.78, 5) is 24.0. The minimum absolute atomic E-state index is 0.0722. The van der Waals surface area contributed by atoms with Gasteiger partial charge < -0.3 is 10.6 Å². The highest BCUT2D eigenvalue weighted by Gasteiger charge is 2.10. The fourth-order valence-electron chi connectivity index (χ4n) is 3.24. The lowest BCUT2D eigenvalue weighted by molar-refractivity contribution is -0.116. The molecule has 3 aromatic rings. The molecule has 6 nitrogen and oxygen atoms in total.